The number of nitrogens with zero attached hydrogens (tertiary/aromatic N) is 3. The molecule has 0 bridgehead atoms. The lowest BCUT2D eigenvalue weighted by molar-refractivity contribution is 0.161. The van der Waals surface area contributed by atoms with Gasteiger partial charge < -0.3 is 15.0 Å². The van der Waals surface area contributed by atoms with Crippen LogP contribution < -0.4 is 10.2 Å². The minimum Gasteiger partial charge on any atom is -0.384 e. The zero-order valence-electron chi connectivity index (χ0n) is 11.2. The van der Waals surface area contributed by atoms with Gasteiger partial charge >= 0.3 is 0 Å². The van der Waals surface area contributed by atoms with E-state index in [1.165, 1.54) is 6.42 Å². The molecule has 1 N–H and O–H groups in total. The van der Waals surface area contributed by atoms with Gasteiger partial charge in [0.15, 0.2) is 0 Å². The highest BCUT2D eigenvalue weighted by Crippen LogP contribution is 2.21. The second-order valence-electron chi connectivity index (χ2n) is 4.70. The van der Waals surface area contributed by atoms with Crippen molar-refractivity contribution in [2.45, 2.75) is 19.9 Å². The van der Waals surface area contributed by atoms with Crippen molar-refractivity contribution in [2.75, 3.05) is 38.3 Å². The standard InChI is InChI=1S/C13H22N4O/c1-3-14-6-12-7-16-13(8-15-12)17-5-4-11(9-17)10-18-2/h7-8,11,14H,3-6,9-10H2,1-2H3. The molecule has 18 heavy (non-hydrogen) atoms. The highest BCUT2D eigenvalue weighted by atomic mass is 16.5. The van der Waals surface area contributed by atoms with E-state index in [-0.39, 0.29) is 0 Å². The summed E-state index contributed by atoms with van der Waals surface area (Å²) in [5, 5.41) is 3.24. The van der Waals surface area contributed by atoms with Crippen LogP contribution in [0.1, 0.15) is 19.0 Å². The van der Waals surface area contributed by atoms with Gasteiger partial charge in [-0.3, -0.25) is 4.98 Å². The number of ether oxygens (including phenoxy) is 1. The number of hydrogen-bond acceptors (Lipinski definition) is 5. The van der Waals surface area contributed by atoms with Crippen molar-refractivity contribution in [3.05, 3.63) is 18.1 Å². The first-order chi connectivity index (χ1) is 8.83. The second kappa shape index (κ2) is 6.66. The molecule has 100 valence electrons. The Hall–Kier alpha value is -1.20. The summed E-state index contributed by atoms with van der Waals surface area (Å²) >= 11 is 0. The monoisotopic (exact) mass is 250 g/mol. The van der Waals surface area contributed by atoms with Crippen molar-refractivity contribution in [3.63, 3.8) is 0 Å². The van der Waals surface area contributed by atoms with E-state index in [4.69, 9.17) is 4.74 Å². The van der Waals surface area contributed by atoms with Crippen LogP contribution in [0.4, 0.5) is 5.82 Å². The van der Waals surface area contributed by atoms with Crippen molar-refractivity contribution >= 4 is 5.82 Å². The molecule has 0 aliphatic carbocycles. The van der Waals surface area contributed by atoms with Gasteiger partial charge in [0.1, 0.15) is 5.82 Å². The summed E-state index contributed by atoms with van der Waals surface area (Å²) in [6, 6.07) is 0. The van der Waals surface area contributed by atoms with Crippen molar-refractivity contribution in [3.8, 4) is 0 Å². The van der Waals surface area contributed by atoms with Crippen LogP contribution >= 0.6 is 0 Å². The van der Waals surface area contributed by atoms with Gasteiger partial charge in [-0.05, 0) is 13.0 Å². The molecule has 2 rings (SSSR count). The predicted octanol–water partition coefficient (Wildman–Crippen LogP) is 1.06. The molecule has 1 unspecified atom stereocenters. The number of nitrogens with one attached hydrogen (secondary N) is 1. The molecule has 0 aromatic carbocycles. The lowest BCUT2D eigenvalue weighted by Crippen LogP contribution is -2.22. The number of aromatic nitrogens is 2. The number of anilines is 1. The maximum Gasteiger partial charge on any atom is 0.147 e. The first kappa shape index (κ1) is 13.2. The Morgan fingerprint density at radius 3 is 3.00 bits per heavy atom. The van der Waals surface area contributed by atoms with Crippen LogP contribution in [0.2, 0.25) is 0 Å². The van der Waals surface area contributed by atoms with Crippen LogP contribution in [0.25, 0.3) is 0 Å². The molecule has 5 heteroatoms. The van der Waals surface area contributed by atoms with Crippen molar-refractivity contribution in [1.82, 2.24) is 15.3 Å². The molecule has 1 saturated heterocycles. The minimum atomic E-state index is 0.623. The molecule has 0 radical (unpaired) electrons. The molecule has 0 spiro atoms. The highest BCUT2D eigenvalue weighted by molar-refractivity contribution is 5.37. The first-order valence-corrected chi connectivity index (χ1v) is 6.59. The summed E-state index contributed by atoms with van der Waals surface area (Å²) in [6.07, 6.45) is 4.91. The second-order valence-corrected chi connectivity index (χ2v) is 4.70. The molecule has 1 fully saturated rings. The van der Waals surface area contributed by atoms with E-state index in [1.54, 1.807) is 7.11 Å². The van der Waals surface area contributed by atoms with Crippen molar-refractivity contribution in [2.24, 2.45) is 5.92 Å². The molecule has 1 aliphatic heterocycles. The third-order valence-electron chi connectivity index (χ3n) is 3.26. The smallest absolute Gasteiger partial charge is 0.147 e. The number of rotatable bonds is 6. The summed E-state index contributed by atoms with van der Waals surface area (Å²) in [5.74, 6) is 1.60. The Morgan fingerprint density at radius 2 is 2.33 bits per heavy atom. The van der Waals surface area contributed by atoms with Crippen LogP contribution in [0.5, 0.6) is 0 Å². The van der Waals surface area contributed by atoms with E-state index in [0.717, 1.165) is 44.3 Å². The quantitative estimate of drug-likeness (QED) is 0.818. The maximum atomic E-state index is 5.20. The normalized spacial score (nSPS) is 19.4. The molecule has 0 saturated carbocycles. The van der Waals surface area contributed by atoms with Gasteiger partial charge in [0, 0.05) is 32.7 Å². The molecular weight excluding hydrogens is 228 g/mol. The van der Waals surface area contributed by atoms with Gasteiger partial charge in [0.2, 0.25) is 0 Å². The minimum absolute atomic E-state index is 0.623. The summed E-state index contributed by atoms with van der Waals surface area (Å²) in [4.78, 5) is 11.2. The first-order valence-electron chi connectivity index (χ1n) is 6.59. The Morgan fingerprint density at radius 1 is 1.44 bits per heavy atom. The van der Waals surface area contributed by atoms with E-state index in [2.05, 4.69) is 27.1 Å². The lowest BCUT2D eigenvalue weighted by atomic mass is 10.1. The molecule has 0 amide bonds. The predicted molar refractivity (Wildman–Crippen MR) is 71.6 cm³/mol. The molecule has 1 atom stereocenters. The summed E-state index contributed by atoms with van der Waals surface area (Å²) < 4.78 is 5.20. The third kappa shape index (κ3) is 3.40. The third-order valence-corrected chi connectivity index (χ3v) is 3.26. The van der Waals surface area contributed by atoms with E-state index in [9.17, 15) is 0 Å². The Bertz CT molecular complexity index is 355. The van der Waals surface area contributed by atoms with Crippen molar-refractivity contribution < 1.29 is 4.74 Å². The van der Waals surface area contributed by atoms with E-state index >= 15 is 0 Å². The van der Waals surface area contributed by atoms with Gasteiger partial charge in [-0.2, -0.15) is 0 Å². The van der Waals surface area contributed by atoms with Gasteiger partial charge in [0.05, 0.1) is 24.7 Å². The van der Waals surface area contributed by atoms with E-state index in [0.29, 0.717) is 5.92 Å². The molecule has 2 heterocycles. The van der Waals surface area contributed by atoms with Crippen LogP contribution in [0.15, 0.2) is 12.4 Å². The van der Waals surface area contributed by atoms with Gasteiger partial charge in [-0.25, -0.2) is 4.98 Å². The zero-order valence-corrected chi connectivity index (χ0v) is 11.2. The van der Waals surface area contributed by atoms with Gasteiger partial charge in [0.25, 0.3) is 0 Å². The Kier molecular flexibility index (Phi) is 4.90. The summed E-state index contributed by atoms with van der Waals surface area (Å²) in [6.45, 7) is 6.74. The molecule has 1 aromatic heterocycles. The van der Waals surface area contributed by atoms with E-state index < -0.39 is 0 Å². The topological polar surface area (TPSA) is 50.3 Å². The van der Waals surface area contributed by atoms with Gasteiger partial charge in [-0.15, -0.1) is 0 Å². The maximum absolute atomic E-state index is 5.20. The van der Waals surface area contributed by atoms with Crippen LogP contribution in [-0.4, -0.2) is 43.3 Å². The zero-order chi connectivity index (χ0) is 12.8. The highest BCUT2D eigenvalue weighted by Gasteiger charge is 2.23. The Labute approximate surface area is 109 Å². The molecule has 1 aliphatic rings. The largest absolute Gasteiger partial charge is 0.384 e. The fourth-order valence-corrected chi connectivity index (χ4v) is 2.27. The van der Waals surface area contributed by atoms with Crippen LogP contribution in [0.3, 0.4) is 0 Å². The number of methoxy groups -OCH3 is 1. The SMILES string of the molecule is CCNCc1cnc(N2CCC(COC)C2)cn1. The fraction of sp³-hybridized carbons (Fsp3) is 0.692. The van der Waals surface area contributed by atoms with E-state index in [1.807, 2.05) is 12.4 Å². The number of hydrogen-bond donors (Lipinski definition) is 1. The lowest BCUT2D eigenvalue weighted by Gasteiger charge is -2.17. The Balaban J connectivity index is 1.90. The fourth-order valence-electron chi connectivity index (χ4n) is 2.27. The molecule has 1 aromatic rings. The average molecular weight is 250 g/mol. The van der Waals surface area contributed by atoms with Crippen LogP contribution in [0, 0.1) is 5.92 Å². The summed E-state index contributed by atoms with van der Waals surface area (Å²) in [7, 11) is 1.76. The average Bonchev–Trinajstić information content (AvgIpc) is 2.86. The summed E-state index contributed by atoms with van der Waals surface area (Å²) in [5.41, 5.74) is 0.994. The van der Waals surface area contributed by atoms with Gasteiger partial charge in [-0.1, -0.05) is 6.92 Å². The molecular formula is C13H22N4O. The molecule has 5 nitrogen and oxygen atoms in total. The van der Waals surface area contributed by atoms with Crippen LogP contribution in [-0.2, 0) is 11.3 Å². The van der Waals surface area contributed by atoms with Crippen molar-refractivity contribution in [1.29, 1.82) is 0 Å².